The van der Waals surface area contributed by atoms with Crippen LogP contribution in [0.2, 0.25) is 0 Å². The normalized spacial score (nSPS) is 13.0. The lowest BCUT2D eigenvalue weighted by molar-refractivity contribution is 0.0695. The number of hydrogen-bond donors (Lipinski definition) is 1. The molecule has 0 saturated carbocycles. The Bertz CT molecular complexity index is 414. The Morgan fingerprint density at radius 2 is 2.29 bits per heavy atom. The molecule has 0 spiro atoms. The lowest BCUT2D eigenvalue weighted by atomic mass is 10.1. The molecule has 0 unspecified atom stereocenters. The maximum Gasteiger partial charge on any atom is 0.336 e. The summed E-state index contributed by atoms with van der Waals surface area (Å²) in [6, 6.07) is 1.48. The molecular formula is C9H7BrO4. The van der Waals surface area contributed by atoms with E-state index >= 15 is 0 Å². The zero-order valence-electron chi connectivity index (χ0n) is 7.33. The van der Waals surface area contributed by atoms with E-state index in [1.165, 1.54) is 6.07 Å². The van der Waals surface area contributed by atoms with E-state index in [1.54, 1.807) is 6.92 Å². The second-order valence-electron chi connectivity index (χ2n) is 2.90. The van der Waals surface area contributed by atoms with Gasteiger partial charge in [0.05, 0.1) is 10.0 Å². The highest BCUT2D eigenvalue weighted by Gasteiger charge is 2.23. The van der Waals surface area contributed by atoms with Crippen LogP contribution < -0.4 is 9.47 Å². The monoisotopic (exact) mass is 258 g/mol. The predicted octanol–water partition coefficient (Wildman–Crippen LogP) is 2.18. The van der Waals surface area contributed by atoms with Crippen molar-refractivity contribution < 1.29 is 19.4 Å². The van der Waals surface area contributed by atoms with Gasteiger partial charge in [-0.15, -0.1) is 0 Å². The van der Waals surface area contributed by atoms with E-state index in [-0.39, 0.29) is 12.4 Å². The van der Waals surface area contributed by atoms with E-state index in [0.717, 1.165) is 0 Å². The van der Waals surface area contributed by atoms with E-state index in [4.69, 9.17) is 14.6 Å². The number of hydrogen-bond acceptors (Lipinski definition) is 3. The topological polar surface area (TPSA) is 55.8 Å². The van der Waals surface area contributed by atoms with E-state index in [0.29, 0.717) is 21.5 Å². The van der Waals surface area contributed by atoms with Crippen LogP contribution in [0, 0.1) is 6.92 Å². The number of benzene rings is 1. The molecule has 1 aliphatic heterocycles. The summed E-state index contributed by atoms with van der Waals surface area (Å²) in [5, 5.41) is 8.90. The van der Waals surface area contributed by atoms with Crippen molar-refractivity contribution in [3.05, 3.63) is 21.7 Å². The quantitative estimate of drug-likeness (QED) is 0.839. The summed E-state index contributed by atoms with van der Waals surface area (Å²) in [5.74, 6) is 0.0777. The van der Waals surface area contributed by atoms with Crippen molar-refractivity contribution in [3.63, 3.8) is 0 Å². The first-order valence-corrected chi connectivity index (χ1v) is 4.72. The Hall–Kier alpha value is -1.23. The third-order valence-electron chi connectivity index (χ3n) is 2.08. The Labute approximate surface area is 88.6 Å². The third-order valence-corrected chi connectivity index (χ3v) is 3.03. The average molecular weight is 259 g/mol. The van der Waals surface area contributed by atoms with Gasteiger partial charge < -0.3 is 14.6 Å². The van der Waals surface area contributed by atoms with Crippen LogP contribution in [0.15, 0.2) is 10.5 Å². The first kappa shape index (κ1) is 9.33. The molecular weight excluding hydrogens is 252 g/mol. The number of carbonyl (C=O) groups is 1. The fourth-order valence-electron chi connectivity index (χ4n) is 1.32. The second-order valence-corrected chi connectivity index (χ2v) is 3.70. The summed E-state index contributed by atoms with van der Waals surface area (Å²) >= 11 is 3.28. The van der Waals surface area contributed by atoms with Gasteiger partial charge in [-0.25, -0.2) is 4.79 Å². The maximum absolute atomic E-state index is 10.9. The molecule has 0 amide bonds. The molecule has 0 atom stereocenters. The Morgan fingerprint density at radius 1 is 1.57 bits per heavy atom. The lowest BCUT2D eigenvalue weighted by Crippen LogP contribution is -2.00. The van der Waals surface area contributed by atoms with Gasteiger partial charge in [0.1, 0.15) is 0 Å². The average Bonchev–Trinajstić information content (AvgIpc) is 2.58. The maximum atomic E-state index is 10.9. The zero-order valence-corrected chi connectivity index (χ0v) is 8.92. The lowest BCUT2D eigenvalue weighted by Gasteiger charge is -2.06. The molecule has 0 saturated heterocycles. The van der Waals surface area contributed by atoms with Crippen molar-refractivity contribution in [2.24, 2.45) is 0 Å². The standard InChI is InChI=1S/C9H7BrO4/c1-4-5(9(11)12)2-6-8(7(4)10)14-3-13-6/h2H,3H2,1H3,(H,11,12). The highest BCUT2D eigenvalue weighted by atomic mass is 79.9. The molecule has 0 fully saturated rings. The molecule has 0 aliphatic carbocycles. The Balaban J connectivity index is 2.67. The number of carboxylic acids is 1. The van der Waals surface area contributed by atoms with Gasteiger partial charge >= 0.3 is 5.97 Å². The van der Waals surface area contributed by atoms with E-state index in [1.807, 2.05) is 0 Å². The molecule has 74 valence electrons. The second kappa shape index (κ2) is 3.16. The minimum atomic E-state index is -0.971. The van der Waals surface area contributed by atoms with Gasteiger partial charge in [-0.2, -0.15) is 0 Å². The number of fused-ring (bicyclic) bond motifs is 1. The van der Waals surface area contributed by atoms with Crippen LogP contribution >= 0.6 is 15.9 Å². The van der Waals surface area contributed by atoms with Crippen LogP contribution in [-0.2, 0) is 0 Å². The molecule has 0 aromatic heterocycles. The molecule has 2 rings (SSSR count). The van der Waals surface area contributed by atoms with Gasteiger partial charge in [-0.1, -0.05) is 0 Å². The van der Waals surface area contributed by atoms with Crippen LogP contribution in [0.5, 0.6) is 11.5 Å². The molecule has 4 nitrogen and oxygen atoms in total. The van der Waals surface area contributed by atoms with Gasteiger partial charge in [0.15, 0.2) is 11.5 Å². The van der Waals surface area contributed by atoms with Crippen LogP contribution in [0.4, 0.5) is 0 Å². The highest BCUT2D eigenvalue weighted by Crippen LogP contribution is 2.42. The molecule has 1 heterocycles. The zero-order chi connectivity index (χ0) is 10.3. The molecule has 1 N–H and O–H groups in total. The smallest absolute Gasteiger partial charge is 0.336 e. The summed E-state index contributed by atoms with van der Waals surface area (Å²) in [6.07, 6.45) is 0. The highest BCUT2D eigenvalue weighted by molar-refractivity contribution is 9.10. The molecule has 0 radical (unpaired) electrons. The first-order chi connectivity index (χ1) is 6.61. The van der Waals surface area contributed by atoms with Gasteiger partial charge in [-0.05, 0) is 34.5 Å². The molecule has 1 aromatic rings. The number of carboxylic acid groups (broad SMARTS) is 1. The summed E-state index contributed by atoms with van der Waals surface area (Å²) in [7, 11) is 0. The first-order valence-electron chi connectivity index (χ1n) is 3.93. The summed E-state index contributed by atoms with van der Waals surface area (Å²) < 4.78 is 10.9. The molecule has 0 bridgehead atoms. The Morgan fingerprint density at radius 3 is 2.93 bits per heavy atom. The van der Waals surface area contributed by atoms with E-state index < -0.39 is 5.97 Å². The predicted molar refractivity (Wildman–Crippen MR) is 52.0 cm³/mol. The van der Waals surface area contributed by atoms with Crippen molar-refractivity contribution in [3.8, 4) is 11.5 Å². The SMILES string of the molecule is Cc1c(C(=O)O)cc2c(c1Br)OCO2. The summed E-state index contributed by atoms with van der Waals surface area (Å²) in [5.41, 5.74) is 0.864. The summed E-state index contributed by atoms with van der Waals surface area (Å²) in [6.45, 7) is 1.85. The molecule has 1 aromatic carbocycles. The van der Waals surface area contributed by atoms with Crippen LogP contribution in [0.1, 0.15) is 15.9 Å². The van der Waals surface area contributed by atoms with Gasteiger partial charge in [0, 0.05) is 0 Å². The van der Waals surface area contributed by atoms with Crippen LogP contribution in [0.3, 0.4) is 0 Å². The van der Waals surface area contributed by atoms with Crippen molar-refractivity contribution in [2.75, 3.05) is 6.79 Å². The van der Waals surface area contributed by atoms with Gasteiger partial charge in [0.25, 0.3) is 0 Å². The fraction of sp³-hybridized carbons (Fsp3) is 0.222. The molecule has 1 aliphatic rings. The van der Waals surface area contributed by atoms with Crippen molar-refractivity contribution in [1.82, 2.24) is 0 Å². The van der Waals surface area contributed by atoms with Crippen molar-refractivity contribution in [2.45, 2.75) is 6.92 Å². The molecule has 5 heteroatoms. The minimum Gasteiger partial charge on any atom is -0.478 e. The number of rotatable bonds is 1. The van der Waals surface area contributed by atoms with E-state index in [9.17, 15) is 4.79 Å². The number of aromatic carboxylic acids is 1. The summed E-state index contributed by atoms with van der Waals surface area (Å²) in [4.78, 5) is 10.9. The van der Waals surface area contributed by atoms with Crippen molar-refractivity contribution >= 4 is 21.9 Å². The van der Waals surface area contributed by atoms with Gasteiger partial charge in [0.2, 0.25) is 6.79 Å². The van der Waals surface area contributed by atoms with Crippen LogP contribution in [0.25, 0.3) is 0 Å². The fourth-order valence-corrected chi connectivity index (χ4v) is 1.84. The van der Waals surface area contributed by atoms with Crippen molar-refractivity contribution in [1.29, 1.82) is 0 Å². The van der Waals surface area contributed by atoms with Crippen LogP contribution in [-0.4, -0.2) is 17.9 Å². The third kappa shape index (κ3) is 1.24. The Kier molecular flexibility index (Phi) is 2.11. The number of ether oxygens (including phenoxy) is 2. The minimum absolute atomic E-state index is 0.135. The van der Waals surface area contributed by atoms with Gasteiger partial charge in [-0.3, -0.25) is 0 Å². The molecule has 14 heavy (non-hydrogen) atoms. The van der Waals surface area contributed by atoms with E-state index in [2.05, 4.69) is 15.9 Å². The number of halogens is 1. The largest absolute Gasteiger partial charge is 0.478 e.